The Bertz CT molecular complexity index is 488. The first-order chi connectivity index (χ1) is 9.45. The zero-order chi connectivity index (χ0) is 13.2. The van der Waals surface area contributed by atoms with Gasteiger partial charge in [0, 0.05) is 12.4 Å². The molecule has 98 valence electrons. The molecule has 2 aromatic carbocycles. The van der Waals surface area contributed by atoms with Crippen molar-refractivity contribution in [3.05, 3.63) is 102 Å². The van der Waals surface area contributed by atoms with Crippen LogP contribution in [-0.2, 0) is 27.5 Å². The van der Waals surface area contributed by atoms with Gasteiger partial charge in [0.1, 0.15) is 0 Å². The van der Waals surface area contributed by atoms with E-state index in [0.717, 1.165) is 6.42 Å². The third kappa shape index (κ3) is 6.45. The standard InChI is InChI=1S/C12H10N.C6H5.W/c1-2-5-11(6-3-1)9-12-7-4-8-13-10-12;1-2-4-6-5-3-1;/h2-8,10H,9H2;1-5H;/q2*-1;+2. The Morgan fingerprint density at radius 3 is 1.95 bits per heavy atom. The molecule has 0 amide bonds. The smallest absolute Gasteiger partial charge is 0.264 e. The van der Waals surface area contributed by atoms with Gasteiger partial charge in [-0.25, -0.2) is 0 Å². The first-order valence-electron chi connectivity index (χ1n) is 6.20. The van der Waals surface area contributed by atoms with E-state index in [1.54, 1.807) is 6.20 Å². The molecule has 20 heavy (non-hydrogen) atoms. The van der Waals surface area contributed by atoms with Gasteiger partial charge in [0.25, 0.3) is 0 Å². The number of benzene rings is 2. The molecule has 0 N–H and O–H groups in total. The Morgan fingerprint density at radius 1 is 0.750 bits per heavy atom. The van der Waals surface area contributed by atoms with E-state index in [0.29, 0.717) is 0 Å². The monoisotopic (exact) mass is 429 g/mol. The molecule has 1 heterocycles. The van der Waals surface area contributed by atoms with Gasteiger partial charge in [-0.2, -0.15) is 72.3 Å². The van der Waals surface area contributed by atoms with E-state index in [2.05, 4.69) is 35.3 Å². The summed E-state index contributed by atoms with van der Waals surface area (Å²) in [6.07, 6.45) is 4.64. The van der Waals surface area contributed by atoms with Gasteiger partial charge in [0.05, 0.1) is 0 Å². The Kier molecular flexibility index (Phi) is 8.26. The summed E-state index contributed by atoms with van der Waals surface area (Å²) >= 11 is 0. The normalized spacial score (nSPS) is 8.80. The van der Waals surface area contributed by atoms with E-state index >= 15 is 0 Å². The summed E-state index contributed by atoms with van der Waals surface area (Å²) in [5.41, 5.74) is 2.54. The van der Waals surface area contributed by atoms with E-state index < -0.39 is 0 Å². The molecule has 0 aliphatic carbocycles. The Balaban J connectivity index is 0.000000243. The minimum Gasteiger partial charge on any atom is -0.264 e. The Labute approximate surface area is 135 Å². The van der Waals surface area contributed by atoms with Crippen LogP contribution in [0.5, 0.6) is 0 Å². The predicted molar refractivity (Wildman–Crippen MR) is 77.6 cm³/mol. The van der Waals surface area contributed by atoms with Crippen LogP contribution in [0.1, 0.15) is 11.1 Å². The molecule has 1 nitrogen and oxygen atoms in total. The fourth-order valence-electron chi connectivity index (χ4n) is 1.62. The minimum atomic E-state index is 0. The van der Waals surface area contributed by atoms with Gasteiger partial charge in [-0.1, -0.05) is 6.07 Å². The van der Waals surface area contributed by atoms with Crippen LogP contribution in [0.15, 0.2) is 79.1 Å². The maximum atomic E-state index is 4.07. The number of pyridine rings is 1. The van der Waals surface area contributed by atoms with Gasteiger partial charge in [-0.05, 0) is 18.1 Å². The molecule has 1 aromatic heterocycles. The van der Waals surface area contributed by atoms with Crippen LogP contribution in [0.3, 0.4) is 0 Å². The Morgan fingerprint density at radius 2 is 1.45 bits per heavy atom. The summed E-state index contributed by atoms with van der Waals surface area (Å²) in [7, 11) is 0. The third-order valence-electron chi connectivity index (χ3n) is 2.53. The summed E-state index contributed by atoms with van der Waals surface area (Å²) in [5, 5.41) is 0. The van der Waals surface area contributed by atoms with E-state index in [-0.39, 0.29) is 21.1 Å². The van der Waals surface area contributed by atoms with E-state index in [4.69, 9.17) is 0 Å². The van der Waals surface area contributed by atoms with Crippen LogP contribution in [0, 0.1) is 12.1 Å². The quantitative estimate of drug-likeness (QED) is 0.563. The van der Waals surface area contributed by atoms with E-state index in [1.165, 1.54) is 11.1 Å². The summed E-state index contributed by atoms with van der Waals surface area (Å²) in [4.78, 5) is 4.07. The van der Waals surface area contributed by atoms with Crippen molar-refractivity contribution in [3.63, 3.8) is 0 Å². The number of hydrogen-bond acceptors (Lipinski definition) is 1. The van der Waals surface area contributed by atoms with Crippen molar-refractivity contribution in [3.8, 4) is 0 Å². The van der Waals surface area contributed by atoms with E-state index in [1.807, 2.05) is 54.7 Å². The van der Waals surface area contributed by atoms with Crippen molar-refractivity contribution in [2.45, 2.75) is 6.42 Å². The van der Waals surface area contributed by atoms with Crippen molar-refractivity contribution in [1.82, 2.24) is 4.98 Å². The van der Waals surface area contributed by atoms with Crippen LogP contribution >= 0.6 is 0 Å². The second-order valence-electron chi connectivity index (χ2n) is 4.02. The van der Waals surface area contributed by atoms with Gasteiger partial charge in [-0.3, -0.25) is 4.98 Å². The van der Waals surface area contributed by atoms with Crippen LogP contribution < -0.4 is 0 Å². The molecular weight excluding hydrogens is 414 g/mol. The molecule has 3 rings (SSSR count). The fraction of sp³-hybridized carbons (Fsp3) is 0.0556. The van der Waals surface area contributed by atoms with Gasteiger partial charge in [-0.15, -0.1) is 0 Å². The zero-order valence-electron chi connectivity index (χ0n) is 11.1. The summed E-state index contributed by atoms with van der Waals surface area (Å²) in [6.45, 7) is 0. The SMILES string of the molecule is [W+2].[c-]1ccc(Cc2cccnc2)cc1.[c-]1ccccc1. The maximum absolute atomic E-state index is 4.07. The summed E-state index contributed by atoms with van der Waals surface area (Å²) in [5.74, 6) is 0. The zero-order valence-corrected chi connectivity index (χ0v) is 14.0. The first-order valence-corrected chi connectivity index (χ1v) is 6.20. The number of rotatable bonds is 2. The third-order valence-corrected chi connectivity index (χ3v) is 2.53. The summed E-state index contributed by atoms with van der Waals surface area (Å²) in [6, 6.07) is 27.6. The van der Waals surface area contributed by atoms with Gasteiger partial charge >= 0.3 is 21.1 Å². The van der Waals surface area contributed by atoms with Crippen molar-refractivity contribution in [2.75, 3.05) is 0 Å². The molecule has 0 saturated heterocycles. The molecule has 2 heteroatoms. The van der Waals surface area contributed by atoms with Gasteiger partial charge in [0.2, 0.25) is 0 Å². The fourth-order valence-corrected chi connectivity index (χ4v) is 1.62. The topological polar surface area (TPSA) is 12.9 Å². The van der Waals surface area contributed by atoms with Crippen LogP contribution in [0.4, 0.5) is 0 Å². The minimum absolute atomic E-state index is 0. The van der Waals surface area contributed by atoms with Gasteiger partial charge < -0.3 is 0 Å². The molecule has 0 aliphatic rings. The summed E-state index contributed by atoms with van der Waals surface area (Å²) < 4.78 is 0. The van der Waals surface area contributed by atoms with Crippen molar-refractivity contribution < 1.29 is 21.1 Å². The Hall–Kier alpha value is -1.72. The molecule has 0 spiro atoms. The second kappa shape index (κ2) is 10.1. The van der Waals surface area contributed by atoms with E-state index in [9.17, 15) is 0 Å². The molecule has 0 atom stereocenters. The molecule has 0 fully saturated rings. The molecule has 3 aromatic rings. The van der Waals surface area contributed by atoms with Gasteiger partial charge in [0.15, 0.2) is 0 Å². The van der Waals surface area contributed by atoms with Crippen molar-refractivity contribution >= 4 is 0 Å². The number of hydrogen-bond donors (Lipinski definition) is 0. The largest absolute Gasteiger partial charge is 2.00 e. The van der Waals surface area contributed by atoms with Crippen LogP contribution in [-0.4, -0.2) is 4.98 Å². The molecule has 0 aliphatic heterocycles. The van der Waals surface area contributed by atoms with Crippen LogP contribution in [0.2, 0.25) is 0 Å². The van der Waals surface area contributed by atoms with Crippen molar-refractivity contribution in [2.24, 2.45) is 0 Å². The maximum Gasteiger partial charge on any atom is 2.00 e. The average molecular weight is 429 g/mol. The molecule has 0 radical (unpaired) electrons. The molecule has 0 saturated carbocycles. The number of aromatic nitrogens is 1. The molecule has 0 unspecified atom stereocenters. The first kappa shape index (κ1) is 16.3. The number of nitrogens with zero attached hydrogens (tertiary/aromatic N) is 1. The average Bonchev–Trinajstić information content (AvgIpc) is 2.52. The van der Waals surface area contributed by atoms with Crippen LogP contribution in [0.25, 0.3) is 0 Å². The second-order valence-corrected chi connectivity index (χ2v) is 4.02. The molecular formula is C18H15NW. The van der Waals surface area contributed by atoms with Crippen molar-refractivity contribution in [1.29, 1.82) is 0 Å². The molecule has 0 bridgehead atoms. The predicted octanol–water partition coefficient (Wildman–Crippen LogP) is 3.96.